The van der Waals surface area contributed by atoms with Crippen LogP contribution in [-0.4, -0.2) is 140 Å². The number of carbonyl (C=O) groups excluding carboxylic acids is 1. The minimum Gasteiger partial charge on any atom is -0.394 e. The van der Waals surface area contributed by atoms with Crippen LogP contribution in [0.25, 0.3) is 0 Å². The molecule has 14 nitrogen and oxygen atoms in total. The largest absolute Gasteiger partial charge is 0.394 e. The van der Waals surface area contributed by atoms with Crippen molar-refractivity contribution < 1.29 is 64.6 Å². The average molecular weight is 1140 g/mol. The van der Waals surface area contributed by atoms with Crippen LogP contribution in [0.4, 0.5) is 0 Å². The number of hydrogen-bond acceptors (Lipinski definition) is 13. The quantitative estimate of drug-likeness (QED) is 0.0204. The Morgan fingerprint density at radius 2 is 0.825 bits per heavy atom. The number of aliphatic hydroxyl groups excluding tert-OH is 8. The summed E-state index contributed by atoms with van der Waals surface area (Å²) in [5.41, 5.74) is 0. The zero-order valence-corrected chi connectivity index (χ0v) is 50.8. The number of aliphatic hydroxyl groups is 8. The van der Waals surface area contributed by atoms with Gasteiger partial charge in [0.15, 0.2) is 12.6 Å². The number of ether oxygens (including phenoxy) is 4. The Labute approximate surface area is 487 Å². The van der Waals surface area contributed by atoms with Crippen molar-refractivity contribution in [1.29, 1.82) is 0 Å². The third-order valence-corrected chi connectivity index (χ3v) is 16.3. The minimum absolute atomic E-state index is 0.250. The third kappa shape index (κ3) is 36.1. The molecule has 9 N–H and O–H groups in total. The predicted molar refractivity (Wildman–Crippen MR) is 323 cm³/mol. The van der Waals surface area contributed by atoms with Crippen molar-refractivity contribution in [2.75, 3.05) is 19.8 Å². The first-order valence-electron chi connectivity index (χ1n) is 33.2. The molecule has 2 aliphatic heterocycles. The van der Waals surface area contributed by atoms with Crippen LogP contribution in [0, 0.1) is 0 Å². The lowest BCUT2D eigenvalue weighted by Crippen LogP contribution is -2.65. The first-order valence-corrected chi connectivity index (χ1v) is 33.2. The van der Waals surface area contributed by atoms with Crippen LogP contribution in [0.15, 0.2) is 36.5 Å². The summed E-state index contributed by atoms with van der Waals surface area (Å²) in [6.45, 7) is 2.67. The first kappa shape index (κ1) is 74.3. The summed E-state index contributed by atoms with van der Waals surface area (Å²) < 4.78 is 22.7. The molecule has 2 saturated heterocycles. The molecule has 12 atom stereocenters. The number of allylic oxidation sites excluding steroid dienone is 5. The van der Waals surface area contributed by atoms with E-state index in [1.54, 1.807) is 6.08 Å². The molecule has 0 aromatic rings. The van der Waals surface area contributed by atoms with Crippen molar-refractivity contribution in [2.24, 2.45) is 0 Å². The summed E-state index contributed by atoms with van der Waals surface area (Å²) in [5.74, 6) is -0.250. The van der Waals surface area contributed by atoms with Gasteiger partial charge in [-0.1, -0.05) is 262 Å². The van der Waals surface area contributed by atoms with Crippen molar-refractivity contribution in [3.8, 4) is 0 Å². The molecule has 2 aliphatic rings. The maximum atomic E-state index is 13.2. The zero-order chi connectivity index (χ0) is 58.1. The van der Waals surface area contributed by atoms with Gasteiger partial charge < -0.3 is 65.1 Å². The zero-order valence-electron chi connectivity index (χ0n) is 50.8. The summed E-state index contributed by atoms with van der Waals surface area (Å²) in [5, 5.41) is 86.6. The van der Waals surface area contributed by atoms with Crippen LogP contribution >= 0.6 is 0 Å². The monoisotopic (exact) mass is 1140 g/mol. The predicted octanol–water partition coefficient (Wildman–Crippen LogP) is 12.6. The summed E-state index contributed by atoms with van der Waals surface area (Å²) in [7, 11) is 0. The van der Waals surface area contributed by atoms with E-state index in [4.69, 9.17) is 18.9 Å². The maximum absolute atomic E-state index is 13.2. The number of rotatable bonds is 54. The molecule has 0 aromatic carbocycles. The Morgan fingerprint density at radius 3 is 1.27 bits per heavy atom. The molecule has 0 aromatic heterocycles. The average Bonchev–Trinajstić information content (AvgIpc) is 3.53. The molecule has 1 amide bonds. The second kappa shape index (κ2) is 51.6. The van der Waals surface area contributed by atoms with E-state index in [0.717, 1.165) is 38.5 Å². The van der Waals surface area contributed by atoms with Gasteiger partial charge in [-0.25, -0.2) is 0 Å². The molecule has 0 spiro atoms. The highest BCUT2D eigenvalue weighted by Gasteiger charge is 2.51. The van der Waals surface area contributed by atoms with E-state index < -0.39 is 86.8 Å². The lowest BCUT2D eigenvalue weighted by atomic mass is 9.97. The Kier molecular flexibility index (Phi) is 47.9. The normalized spacial score (nSPS) is 24.4. The van der Waals surface area contributed by atoms with Gasteiger partial charge in [-0.2, -0.15) is 0 Å². The molecule has 0 saturated carbocycles. The first-order chi connectivity index (χ1) is 39.1. The second-order valence-corrected chi connectivity index (χ2v) is 23.6. The third-order valence-electron chi connectivity index (χ3n) is 16.3. The molecule has 80 heavy (non-hydrogen) atoms. The van der Waals surface area contributed by atoms with Crippen LogP contribution in [0.3, 0.4) is 0 Å². The van der Waals surface area contributed by atoms with Crippen LogP contribution in [0.2, 0.25) is 0 Å². The van der Waals surface area contributed by atoms with E-state index in [0.29, 0.717) is 12.8 Å². The van der Waals surface area contributed by atoms with Crippen molar-refractivity contribution in [3.63, 3.8) is 0 Å². The van der Waals surface area contributed by atoms with Crippen LogP contribution in [-0.2, 0) is 23.7 Å². The van der Waals surface area contributed by atoms with Crippen LogP contribution < -0.4 is 5.32 Å². The summed E-state index contributed by atoms with van der Waals surface area (Å²) in [6.07, 6.45) is 48.7. The van der Waals surface area contributed by atoms with E-state index in [1.807, 2.05) is 6.08 Å². The molecule has 14 heteroatoms. The van der Waals surface area contributed by atoms with E-state index in [1.165, 1.54) is 212 Å². The highest BCUT2D eigenvalue weighted by atomic mass is 16.7. The molecule has 2 heterocycles. The SMILES string of the molecule is CCC/C=C/CC/C=C/C(O)C(COC1OC(CO)C(OC2OC(CO)C(O)C(O)C2O)C(O)C1O)NC(=O)CCCCCCCCCCCCCCCCCCCCCCCCCCCCC/C=C\CCCCCCCCCC. The fourth-order valence-corrected chi connectivity index (χ4v) is 11.0. The Balaban J connectivity index is 1.48. The van der Waals surface area contributed by atoms with Gasteiger partial charge >= 0.3 is 0 Å². The van der Waals surface area contributed by atoms with Gasteiger partial charge in [0.1, 0.15) is 48.8 Å². The fraction of sp³-hybridized carbons (Fsp3) is 0.894. The summed E-state index contributed by atoms with van der Waals surface area (Å²) >= 11 is 0. The topological polar surface area (TPSA) is 228 Å². The van der Waals surface area contributed by atoms with E-state index in [-0.39, 0.29) is 18.9 Å². The molecular weight excluding hydrogens is 1010 g/mol. The lowest BCUT2D eigenvalue weighted by molar-refractivity contribution is -0.359. The lowest BCUT2D eigenvalue weighted by Gasteiger charge is -2.46. The highest BCUT2D eigenvalue weighted by Crippen LogP contribution is 2.30. The Hall–Kier alpha value is -1.79. The van der Waals surface area contributed by atoms with Gasteiger partial charge in [-0.3, -0.25) is 4.79 Å². The molecular formula is C66H123NO13. The molecule has 0 radical (unpaired) electrons. The van der Waals surface area contributed by atoms with Gasteiger partial charge in [0.05, 0.1) is 32.0 Å². The standard InChI is InChI=1S/C66H123NO13/c1-3-5-7-9-11-12-13-14-15-16-17-18-19-20-21-22-23-24-25-26-27-28-29-30-31-32-33-34-35-36-37-38-39-40-41-42-44-46-48-50-58(71)67-54(55(70)49-47-45-43-10-8-6-4-2)53-77-65-63(76)61(74)64(57(52-69)79-65)80-66-62(75)60(73)59(72)56(51-68)78-66/h8,10,16-17,47,49,54-57,59-66,68-70,72-76H,3-7,9,11-15,18-46,48,50-53H2,1-2H3,(H,67,71)/b10-8+,17-16-,49-47+. The Bertz CT molecular complexity index is 1480. The minimum atomic E-state index is -1.79. The second-order valence-electron chi connectivity index (χ2n) is 23.6. The van der Waals surface area contributed by atoms with Gasteiger partial charge in [-0.05, 0) is 51.4 Å². The van der Waals surface area contributed by atoms with Gasteiger partial charge in [0.2, 0.25) is 5.91 Å². The Morgan fingerprint density at radius 1 is 0.438 bits per heavy atom. The van der Waals surface area contributed by atoms with Gasteiger partial charge in [-0.15, -0.1) is 0 Å². The van der Waals surface area contributed by atoms with Gasteiger partial charge in [0.25, 0.3) is 0 Å². The number of amides is 1. The van der Waals surface area contributed by atoms with E-state index >= 15 is 0 Å². The highest BCUT2D eigenvalue weighted by molar-refractivity contribution is 5.76. The molecule has 12 unspecified atom stereocenters. The maximum Gasteiger partial charge on any atom is 0.220 e. The van der Waals surface area contributed by atoms with E-state index in [9.17, 15) is 45.6 Å². The summed E-state index contributed by atoms with van der Waals surface area (Å²) in [4.78, 5) is 13.2. The summed E-state index contributed by atoms with van der Waals surface area (Å²) in [6, 6.07) is -0.926. The number of hydrogen-bond donors (Lipinski definition) is 9. The van der Waals surface area contributed by atoms with Crippen molar-refractivity contribution >= 4 is 5.91 Å². The fourth-order valence-electron chi connectivity index (χ4n) is 11.0. The molecule has 0 aliphatic carbocycles. The number of unbranched alkanes of at least 4 members (excludes halogenated alkanes) is 37. The van der Waals surface area contributed by atoms with Crippen molar-refractivity contribution in [1.82, 2.24) is 5.32 Å². The molecule has 470 valence electrons. The molecule has 2 rings (SSSR count). The van der Waals surface area contributed by atoms with E-state index in [2.05, 4.69) is 43.5 Å². The van der Waals surface area contributed by atoms with Gasteiger partial charge in [0, 0.05) is 6.42 Å². The van der Waals surface area contributed by atoms with Crippen LogP contribution in [0.5, 0.6) is 0 Å². The smallest absolute Gasteiger partial charge is 0.220 e. The number of carbonyl (C=O) groups is 1. The van der Waals surface area contributed by atoms with Crippen LogP contribution in [0.1, 0.15) is 284 Å². The molecule has 2 fully saturated rings. The van der Waals surface area contributed by atoms with Crippen molar-refractivity contribution in [2.45, 2.75) is 357 Å². The van der Waals surface area contributed by atoms with Crippen molar-refractivity contribution in [3.05, 3.63) is 36.5 Å². The number of nitrogens with one attached hydrogen (secondary N) is 1. The molecule has 0 bridgehead atoms.